The maximum absolute atomic E-state index is 15.7. The van der Waals surface area contributed by atoms with Crippen LogP contribution in [0.4, 0.5) is 22.0 Å². The lowest BCUT2D eigenvalue weighted by Crippen LogP contribution is -2.37. The lowest BCUT2D eigenvalue weighted by Gasteiger charge is -2.28. The van der Waals surface area contributed by atoms with Crippen LogP contribution in [0.5, 0.6) is 5.75 Å². The fourth-order valence-corrected chi connectivity index (χ4v) is 7.26. The van der Waals surface area contributed by atoms with Gasteiger partial charge in [-0.25, -0.2) is 8.78 Å². The van der Waals surface area contributed by atoms with Crippen molar-refractivity contribution in [1.29, 1.82) is 0 Å². The zero-order valence-corrected chi connectivity index (χ0v) is 25.0. The van der Waals surface area contributed by atoms with Crippen molar-refractivity contribution in [2.45, 2.75) is 43.1 Å². The topological polar surface area (TPSA) is 69.3 Å². The Morgan fingerprint density at radius 2 is 1.77 bits per heavy atom. The Morgan fingerprint density at radius 3 is 2.45 bits per heavy atom. The van der Waals surface area contributed by atoms with Gasteiger partial charge in [0, 0.05) is 23.3 Å². The van der Waals surface area contributed by atoms with Gasteiger partial charge in [0.25, 0.3) is 5.56 Å². The number of hydrogen-bond donors (Lipinski definition) is 2. The molecule has 5 rings (SSSR count). The molecule has 1 aliphatic rings. The van der Waals surface area contributed by atoms with Crippen molar-refractivity contribution in [3.8, 4) is 16.9 Å². The van der Waals surface area contributed by atoms with E-state index in [9.17, 15) is 18.0 Å². The van der Waals surface area contributed by atoms with Crippen LogP contribution in [0.2, 0.25) is 0 Å². The highest BCUT2D eigenvalue weighted by Crippen LogP contribution is 2.45. The summed E-state index contributed by atoms with van der Waals surface area (Å²) in [5.41, 5.74) is 5.08. The van der Waals surface area contributed by atoms with Crippen LogP contribution in [0.25, 0.3) is 11.1 Å². The average molecular weight is 630 g/mol. The molecule has 3 N–H and O–H groups in total. The number of aromatic nitrogens is 1. The number of methoxy groups -OCH3 is 1. The van der Waals surface area contributed by atoms with Gasteiger partial charge in [-0.05, 0) is 61.3 Å². The molecule has 0 saturated carbocycles. The first-order chi connectivity index (χ1) is 21.1. The Kier molecular flexibility index (Phi) is 9.48. The van der Waals surface area contributed by atoms with E-state index in [2.05, 4.69) is 5.32 Å². The van der Waals surface area contributed by atoms with Crippen LogP contribution in [-0.2, 0) is 12.6 Å². The van der Waals surface area contributed by atoms with E-state index in [4.69, 9.17) is 10.5 Å². The van der Waals surface area contributed by atoms with Gasteiger partial charge in [0.05, 0.1) is 35.3 Å². The van der Waals surface area contributed by atoms with Crippen molar-refractivity contribution < 1.29 is 26.7 Å². The molecule has 3 aromatic carbocycles. The number of rotatable bonds is 10. The standard InChI is InChI=1S/C33H32F5N3O2S/c1-19-22(17-23-24(33(36,37)38)12-7-13-25(23)34)32-41(31(42)28(19)21-11-6-14-27(43-2)29(21)35)26(18-44-32)30(40-16-8-15-39)20-9-4-3-5-10-20/h3-7,9-14,26,30,40H,8,15-18,39H2,1-2H3. The highest BCUT2D eigenvalue weighted by Gasteiger charge is 2.38. The number of halogens is 5. The maximum Gasteiger partial charge on any atom is 0.416 e. The number of nitrogens with zero attached hydrogens (tertiary/aromatic N) is 1. The second kappa shape index (κ2) is 13.1. The predicted octanol–water partition coefficient (Wildman–Crippen LogP) is 7.05. The number of pyridine rings is 1. The van der Waals surface area contributed by atoms with Gasteiger partial charge in [0.1, 0.15) is 5.82 Å². The monoisotopic (exact) mass is 629 g/mol. The van der Waals surface area contributed by atoms with E-state index in [1.165, 1.54) is 31.0 Å². The minimum Gasteiger partial charge on any atom is -0.494 e. The average Bonchev–Trinajstić information content (AvgIpc) is 3.44. The number of nitrogens with one attached hydrogen (secondary N) is 1. The van der Waals surface area contributed by atoms with E-state index < -0.39 is 47.0 Å². The number of fused-ring (bicyclic) bond motifs is 1. The molecule has 2 atom stereocenters. The van der Waals surface area contributed by atoms with Gasteiger partial charge in [-0.3, -0.25) is 9.36 Å². The first-order valence-corrected chi connectivity index (χ1v) is 15.1. The van der Waals surface area contributed by atoms with E-state index in [-0.39, 0.29) is 28.5 Å². The smallest absolute Gasteiger partial charge is 0.416 e. The molecular formula is C33H32F5N3O2S. The summed E-state index contributed by atoms with van der Waals surface area (Å²) in [5.74, 6) is -1.46. The zero-order chi connectivity index (χ0) is 31.6. The zero-order valence-electron chi connectivity index (χ0n) is 24.2. The molecule has 1 aromatic heterocycles. The van der Waals surface area contributed by atoms with Crippen LogP contribution in [0.3, 0.4) is 0 Å². The SMILES string of the molecule is COc1cccc(-c2c(C)c(Cc3c(F)cccc3C(F)(F)F)c3n(c2=O)C(C(NCCCN)c2ccccc2)CS3)c1F. The second-order valence-electron chi connectivity index (χ2n) is 10.6. The summed E-state index contributed by atoms with van der Waals surface area (Å²) in [6, 6.07) is 15.9. The van der Waals surface area contributed by atoms with E-state index >= 15 is 8.78 Å². The Morgan fingerprint density at radius 1 is 1.05 bits per heavy atom. The van der Waals surface area contributed by atoms with Crippen molar-refractivity contribution >= 4 is 11.8 Å². The molecule has 2 unspecified atom stereocenters. The van der Waals surface area contributed by atoms with Gasteiger partial charge < -0.3 is 15.8 Å². The van der Waals surface area contributed by atoms with Crippen LogP contribution in [0.1, 0.15) is 46.3 Å². The first-order valence-electron chi connectivity index (χ1n) is 14.1. The molecule has 232 valence electrons. The summed E-state index contributed by atoms with van der Waals surface area (Å²) < 4.78 is 79.7. The number of alkyl halides is 3. The molecule has 44 heavy (non-hydrogen) atoms. The molecule has 1 aliphatic heterocycles. The van der Waals surface area contributed by atoms with Gasteiger partial charge >= 0.3 is 6.18 Å². The molecule has 0 bridgehead atoms. The van der Waals surface area contributed by atoms with Crippen molar-refractivity contribution in [2.75, 3.05) is 26.0 Å². The molecule has 4 aromatic rings. The first kappa shape index (κ1) is 31.7. The highest BCUT2D eigenvalue weighted by molar-refractivity contribution is 7.99. The lowest BCUT2D eigenvalue weighted by molar-refractivity contribution is -0.138. The largest absolute Gasteiger partial charge is 0.494 e. The minimum absolute atomic E-state index is 0.00804. The Labute approximate surface area is 256 Å². The van der Waals surface area contributed by atoms with E-state index in [1.54, 1.807) is 17.6 Å². The van der Waals surface area contributed by atoms with Gasteiger partial charge in [0.15, 0.2) is 11.6 Å². The molecule has 0 amide bonds. The van der Waals surface area contributed by atoms with Crippen molar-refractivity contribution in [1.82, 2.24) is 9.88 Å². The summed E-state index contributed by atoms with van der Waals surface area (Å²) >= 11 is 1.32. The maximum atomic E-state index is 15.7. The van der Waals surface area contributed by atoms with Gasteiger partial charge in [-0.15, -0.1) is 11.8 Å². The number of benzene rings is 3. The quantitative estimate of drug-likeness (QED) is 0.145. The van der Waals surface area contributed by atoms with Gasteiger partial charge in [0.2, 0.25) is 0 Å². The molecule has 0 fully saturated rings. The van der Waals surface area contributed by atoms with Crippen LogP contribution in [0, 0.1) is 18.6 Å². The fourth-order valence-electron chi connectivity index (χ4n) is 5.84. The second-order valence-corrected chi connectivity index (χ2v) is 11.6. The molecular weight excluding hydrogens is 597 g/mol. The molecule has 0 saturated heterocycles. The normalized spacial score (nSPS) is 15.3. The number of thioether (sulfide) groups is 1. The van der Waals surface area contributed by atoms with Crippen LogP contribution in [0.15, 0.2) is 76.6 Å². The predicted molar refractivity (Wildman–Crippen MR) is 162 cm³/mol. The summed E-state index contributed by atoms with van der Waals surface area (Å²) in [7, 11) is 1.30. The lowest BCUT2D eigenvalue weighted by atomic mass is 9.91. The van der Waals surface area contributed by atoms with Crippen LogP contribution in [-0.4, -0.2) is 30.5 Å². The molecule has 0 radical (unpaired) electrons. The highest BCUT2D eigenvalue weighted by atomic mass is 32.2. The third-order valence-corrected chi connectivity index (χ3v) is 9.20. The van der Waals surface area contributed by atoms with Crippen molar-refractivity contribution in [3.63, 3.8) is 0 Å². The Balaban J connectivity index is 1.78. The van der Waals surface area contributed by atoms with E-state index in [1.807, 2.05) is 30.3 Å². The third kappa shape index (κ3) is 6.00. The van der Waals surface area contributed by atoms with Gasteiger partial charge in [-0.1, -0.05) is 48.5 Å². The molecule has 5 nitrogen and oxygen atoms in total. The van der Waals surface area contributed by atoms with E-state index in [0.717, 1.165) is 23.8 Å². The molecule has 0 spiro atoms. The Hall–Kier alpha value is -3.67. The van der Waals surface area contributed by atoms with E-state index in [0.29, 0.717) is 35.9 Å². The van der Waals surface area contributed by atoms with Crippen LogP contribution < -0.4 is 21.3 Å². The van der Waals surface area contributed by atoms with Gasteiger partial charge in [-0.2, -0.15) is 13.2 Å². The molecule has 2 heterocycles. The number of ether oxygens (including phenoxy) is 1. The summed E-state index contributed by atoms with van der Waals surface area (Å²) in [4.78, 5) is 14.4. The molecule has 0 aliphatic carbocycles. The minimum atomic E-state index is -4.80. The number of hydrogen-bond acceptors (Lipinski definition) is 5. The molecule has 11 heteroatoms. The summed E-state index contributed by atoms with van der Waals surface area (Å²) in [6.07, 6.45) is -4.57. The Bertz CT molecular complexity index is 1710. The summed E-state index contributed by atoms with van der Waals surface area (Å²) in [6.45, 7) is 2.58. The fraction of sp³-hybridized carbons (Fsp3) is 0.303. The van der Waals surface area contributed by atoms with Crippen molar-refractivity contribution in [2.24, 2.45) is 5.73 Å². The third-order valence-electron chi connectivity index (χ3n) is 7.98. The number of nitrogens with two attached hydrogens (primary N) is 1. The van der Waals surface area contributed by atoms with Crippen molar-refractivity contribution in [3.05, 3.63) is 117 Å². The summed E-state index contributed by atoms with van der Waals surface area (Å²) in [5, 5.41) is 3.93. The van der Waals surface area contributed by atoms with Crippen LogP contribution >= 0.6 is 11.8 Å².